The first-order valence-electron chi connectivity index (χ1n) is 13.0. The number of nitrogens with one attached hydrogen (secondary N) is 3. The van der Waals surface area contributed by atoms with Crippen LogP contribution in [0.15, 0.2) is 40.9 Å². The Bertz CT molecular complexity index is 1100. The summed E-state index contributed by atoms with van der Waals surface area (Å²) in [5, 5.41) is 11.3. The predicted octanol–water partition coefficient (Wildman–Crippen LogP) is 1.98. The number of hydrogen-bond donors (Lipinski definition) is 3. The Labute approximate surface area is 229 Å². The van der Waals surface area contributed by atoms with Gasteiger partial charge in [0.05, 0.1) is 25.8 Å². The number of methoxy groups -OCH3 is 1. The quantitative estimate of drug-likeness (QED) is 0.324. The van der Waals surface area contributed by atoms with Crippen molar-refractivity contribution in [2.75, 3.05) is 26.9 Å². The van der Waals surface area contributed by atoms with Crippen LogP contribution in [-0.4, -0.2) is 73.2 Å². The summed E-state index contributed by atoms with van der Waals surface area (Å²) in [6.07, 6.45) is 1.03. The van der Waals surface area contributed by atoms with E-state index in [9.17, 15) is 19.2 Å². The maximum absolute atomic E-state index is 12.6. The lowest BCUT2D eigenvalue weighted by atomic mass is 9.93. The molecular weight excluding hydrogens is 504 g/mol. The maximum atomic E-state index is 12.6. The van der Waals surface area contributed by atoms with Crippen LogP contribution in [0.25, 0.3) is 0 Å². The van der Waals surface area contributed by atoms with Gasteiger partial charge in [0.15, 0.2) is 11.5 Å². The number of Topliss-reactive ketones (excluding diaryl/α,β-unsaturated/α-hetero) is 1. The molecule has 11 nitrogen and oxygen atoms in total. The molecule has 1 aromatic carbocycles. The summed E-state index contributed by atoms with van der Waals surface area (Å²) in [5.74, 6) is -1.21. The number of epoxide rings is 1. The molecule has 1 aliphatic rings. The first kappa shape index (κ1) is 31.6. The van der Waals surface area contributed by atoms with E-state index in [1.165, 1.54) is 18.7 Å². The lowest BCUT2D eigenvalue weighted by molar-refractivity contribution is -0.131. The highest BCUT2D eigenvalue weighted by atomic mass is 16.6. The van der Waals surface area contributed by atoms with Gasteiger partial charge in [-0.3, -0.25) is 19.2 Å². The Balaban J connectivity index is 0.000000658. The van der Waals surface area contributed by atoms with Crippen molar-refractivity contribution in [3.8, 4) is 0 Å². The van der Waals surface area contributed by atoms with E-state index in [-0.39, 0.29) is 30.5 Å². The van der Waals surface area contributed by atoms with Crippen LogP contribution in [0.1, 0.15) is 55.9 Å². The molecule has 0 aliphatic carbocycles. The number of carbonyl (C=O) groups excluding carboxylic acids is 4. The highest BCUT2D eigenvalue weighted by Gasteiger charge is 2.50. The number of nitrogens with zero attached hydrogens (tertiary/aromatic N) is 1. The second kappa shape index (κ2) is 15.1. The molecule has 1 fully saturated rings. The Morgan fingerprint density at radius 1 is 1.10 bits per heavy atom. The molecule has 2 aromatic rings. The zero-order chi connectivity index (χ0) is 29.0. The molecule has 3 atom stereocenters. The normalized spacial score (nSPS) is 17.3. The zero-order valence-corrected chi connectivity index (χ0v) is 23.5. The molecule has 3 amide bonds. The van der Waals surface area contributed by atoms with Crippen LogP contribution in [0.5, 0.6) is 0 Å². The van der Waals surface area contributed by atoms with Gasteiger partial charge in [-0.2, -0.15) is 0 Å². The van der Waals surface area contributed by atoms with Gasteiger partial charge < -0.3 is 29.9 Å². The van der Waals surface area contributed by atoms with E-state index in [0.29, 0.717) is 25.2 Å². The number of aromatic nitrogens is 1. The van der Waals surface area contributed by atoms with Crippen molar-refractivity contribution >= 4 is 23.5 Å². The first-order chi connectivity index (χ1) is 18.5. The molecule has 0 bridgehead atoms. The van der Waals surface area contributed by atoms with Gasteiger partial charge in [-0.15, -0.1) is 0 Å². The van der Waals surface area contributed by atoms with E-state index in [2.05, 4.69) is 40.2 Å². The van der Waals surface area contributed by atoms with Crippen molar-refractivity contribution in [3.05, 3.63) is 53.4 Å². The summed E-state index contributed by atoms with van der Waals surface area (Å²) in [6.45, 7) is 9.37. The van der Waals surface area contributed by atoms with Crippen LogP contribution < -0.4 is 16.0 Å². The monoisotopic (exact) mass is 544 g/mol. The molecule has 1 saturated heterocycles. The van der Waals surface area contributed by atoms with Crippen molar-refractivity contribution in [1.82, 2.24) is 21.1 Å². The van der Waals surface area contributed by atoms with Crippen LogP contribution >= 0.6 is 0 Å². The second-order valence-corrected chi connectivity index (χ2v) is 10.0. The topological polar surface area (TPSA) is 152 Å². The number of amides is 3. The lowest BCUT2D eigenvalue weighted by Gasteiger charge is -2.22. The third-order valence-corrected chi connectivity index (χ3v) is 5.92. The van der Waals surface area contributed by atoms with Gasteiger partial charge in [-0.05, 0) is 26.2 Å². The molecule has 39 heavy (non-hydrogen) atoms. The number of ether oxygens (including phenoxy) is 2. The summed E-state index contributed by atoms with van der Waals surface area (Å²) < 4.78 is 15.2. The van der Waals surface area contributed by atoms with Gasteiger partial charge >= 0.3 is 0 Å². The minimum absolute atomic E-state index is 0.0410. The van der Waals surface area contributed by atoms with E-state index < -0.39 is 35.4 Å². The minimum atomic E-state index is -1.05. The van der Waals surface area contributed by atoms with Gasteiger partial charge in [0.1, 0.15) is 17.4 Å². The average molecular weight is 545 g/mol. The lowest BCUT2D eigenvalue weighted by Crippen LogP contribution is -2.53. The standard InChI is InChI=1S/C21H32N4O7.C7H8/c1-6-13-8-15(25-32-13)20(29)24-16(10-30-5)19(28)22-9-17(26)23-14(7-12(2)3)18(27)21(4)11-31-21;1-7-5-3-2-4-6-7/h8,12,14,16H,6-7,9-11H2,1-5H3,(H,22,28)(H,23,26)(H,24,29);2-6H,1H3/t14-,16-,21+;/m0./s1. The van der Waals surface area contributed by atoms with Gasteiger partial charge in [-0.1, -0.05) is 61.8 Å². The van der Waals surface area contributed by atoms with Crippen LogP contribution in [-0.2, 0) is 30.3 Å². The van der Waals surface area contributed by atoms with Gasteiger partial charge in [0.2, 0.25) is 11.8 Å². The Kier molecular flexibility index (Phi) is 12.3. The van der Waals surface area contributed by atoms with Crippen molar-refractivity contribution in [2.24, 2.45) is 5.92 Å². The number of aryl methyl sites for hydroxylation is 2. The van der Waals surface area contributed by atoms with Crippen molar-refractivity contribution in [2.45, 2.75) is 65.1 Å². The molecule has 3 N–H and O–H groups in total. The largest absolute Gasteiger partial charge is 0.382 e. The smallest absolute Gasteiger partial charge is 0.274 e. The summed E-state index contributed by atoms with van der Waals surface area (Å²) >= 11 is 0. The number of carbonyl (C=O) groups is 4. The Hall–Kier alpha value is -3.57. The number of rotatable bonds is 13. The highest BCUT2D eigenvalue weighted by Crippen LogP contribution is 2.29. The molecule has 214 valence electrons. The van der Waals surface area contributed by atoms with Crippen LogP contribution in [0.2, 0.25) is 0 Å². The van der Waals surface area contributed by atoms with Gasteiger partial charge in [-0.25, -0.2) is 0 Å². The second-order valence-electron chi connectivity index (χ2n) is 10.0. The summed E-state index contributed by atoms with van der Waals surface area (Å²) in [7, 11) is 1.38. The number of benzene rings is 1. The number of hydrogen-bond acceptors (Lipinski definition) is 8. The molecule has 11 heteroatoms. The maximum Gasteiger partial charge on any atom is 0.274 e. The van der Waals surface area contributed by atoms with Crippen molar-refractivity contribution < 1.29 is 33.2 Å². The Morgan fingerprint density at radius 3 is 2.26 bits per heavy atom. The molecule has 0 saturated carbocycles. The van der Waals surface area contributed by atoms with Crippen molar-refractivity contribution in [1.29, 1.82) is 0 Å². The SMILES string of the molecule is CCc1cc(C(=O)N[C@@H](COC)C(=O)NCC(=O)N[C@@H](CC(C)C)C(=O)[C@@]2(C)CO2)no1.Cc1ccccc1. The van der Waals surface area contributed by atoms with Crippen LogP contribution in [0.4, 0.5) is 0 Å². The molecule has 3 rings (SSSR count). The molecule has 2 heterocycles. The summed E-state index contributed by atoms with van der Waals surface area (Å²) in [4.78, 5) is 49.8. The molecule has 0 radical (unpaired) electrons. The summed E-state index contributed by atoms with van der Waals surface area (Å²) in [6, 6.07) is 9.99. The fourth-order valence-corrected chi connectivity index (χ4v) is 3.56. The first-order valence-corrected chi connectivity index (χ1v) is 13.0. The van der Waals surface area contributed by atoms with Crippen molar-refractivity contribution in [3.63, 3.8) is 0 Å². The third-order valence-electron chi connectivity index (χ3n) is 5.92. The average Bonchev–Trinajstić information content (AvgIpc) is 3.46. The minimum Gasteiger partial charge on any atom is -0.382 e. The van der Waals surface area contributed by atoms with E-state index in [1.807, 2.05) is 39.0 Å². The van der Waals surface area contributed by atoms with Crippen LogP contribution in [0, 0.1) is 12.8 Å². The van der Waals surface area contributed by atoms with Gasteiger partial charge in [0.25, 0.3) is 5.91 Å². The zero-order valence-electron chi connectivity index (χ0n) is 23.5. The molecule has 1 aliphatic heterocycles. The fourth-order valence-electron chi connectivity index (χ4n) is 3.56. The fraction of sp³-hybridized carbons (Fsp3) is 0.536. The predicted molar refractivity (Wildman–Crippen MR) is 144 cm³/mol. The Morgan fingerprint density at radius 2 is 1.77 bits per heavy atom. The summed E-state index contributed by atoms with van der Waals surface area (Å²) in [5.41, 5.74) is 0.504. The third kappa shape index (κ3) is 10.6. The number of ketones is 1. The van der Waals surface area contributed by atoms with E-state index in [1.54, 1.807) is 6.92 Å². The molecular formula is C28H40N4O7. The highest BCUT2D eigenvalue weighted by molar-refractivity contribution is 5.98. The van der Waals surface area contributed by atoms with Gasteiger partial charge in [0, 0.05) is 19.6 Å². The van der Waals surface area contributed by atoms with E-state index in [4.69, 9.17) is 14.0 Å². The molecule has 1 aromatic heterocycles. The van der Waals surface area contributed by atoms with E-state index >= 15 is 0 Å². The molecule has 0 unspecified atom stereocenters. The molecule has 0 spiro atoms. The van der Waals surface area contributed by atoms with E-state index in [0.717, 1.165) is 0 Å². The van der Waals surface area contributed by atoms with Crippen LogP contribution in [0.3, 0.4) is 0 Å².